The van der Waals surface area contributed by atoms with Crippen molar-refractivity contribution in [1.82, 2.24) is 19.5 Å². The molecule has 0 spiro atoms. The van der Waals surface area contributed by atoms with E-state index in [1.54, 1.807) is 6.07 Å². The van der Waals surface area contributed by atoms with Crippen molar-refractivity contribution < 1.29 is 44.0 Å². The number of aliphatic hydroxyl groups excluding tert-OH is 4. The highest BCUT2D eigenvalue weighted by Crippen LogP contribution is 2.44. The number of aryl methyl sites for hydroxylation is 1. The minimum atomic E-state index is -4.79. The number of rotatable bonds is 6. The van der Waals surface area contributed by atoms with Gasteiger partial charge in [0.15, 0.2) is 11.2 Å². The maximum Gasteiger partial charge on any atom is 0.469 e. The normalized spacial score (nSPS) is 27.0. The van der Waals surface area contributed by atoms with Gasteiger partial charge in [0, 0.05) is 6.42 Å². The molecule has 236 valence electrons. The number of H-pyrrole nitrogens is 1. The van der Waals surface area contributed by atoms with Gasteiger partial charge >= 0.3 is 7.82 Å². The first-order valence-electron chi connectivity index (χ1n) is 14.2. The average Bonchev–Trinajstić information content (AvgIpc) is 3.60. The monoisotopic (exact) mass is 639 g/mol. The summed E-state index contributed by atoms with van der Waals surface area (Å²) in [5.41, 5.74) is 1.37. The molecule has 0 bridgehead atoms. The maximum absolute atomic E-state index is 13.1. The van der Waals surface area contributed by atoms with Crippen molar-refractivity contribution in [2.24, 2.45) is 0 Å². The fourth-order valence-electron chi connectivity index (χ4n) is 6.46. The fraction of sp³-hybridized carbons (Fsp3) is 0.345. The number of hydrogen-bond donors (Lipinski definition) is 8. The van der Waals surface area contributed by atoms with Crippen molar-refractivity contribution in [2.45, 2.75) is 56.1 Å². The molecular weight excluding hydrogens is 609 g/mol. The molecule has 2 aromatic heterocycles. The van der Waals surface area contributed by atoms with E-state index in [1.807, 2.05) is 43.3 Å². The van der Waals surface area contributed by atoms with Crippen LogP contribution in [-0.2, 0) is 13.8 Å². The van der Waals surface area contributed by atoms with Crippen molar-refractivity contribution in [3.05, 3.63) is 75.8 Å². The lowest BCUT2D eigenvalue weighted by Gasteiger charge is -2.38. The molecule has 8 N–H and O–H groups in total. The molecule has 3 unspecified atom stereocenters. The number of imidazole rings is 1. The number of ether oxygens (including phenoxy) is 1. The first-order chi connectivity index (χ1) is 21.4. The topological polar surface area (TPSA) is 233 Å². The summed E-state index contributed by atoms with van der Waals surface area (Å²) in [5.74, 6) is -0.0673. The zero-order valence-corrected chi connectivity index (χ0v) is 24.6. The Morgan fingerprint density at radius 3 is 2.64 bits per heavy atom. The van der Waals surface area contributed by atoms with Crippen LogP contribution >= 0.6 is 7.82 Å². The highest BCUT2D eigenvalue weighted by atomic mass is 31.2. The molecule has 1 aliphatic carbocycles. The Labute approximate surface area is 254 Å². The van der Waals surface area contributed by atoms with Crippen LogP contribution in [0.1, 0.15) is 41.5 Å². The van der Waals surface area contributed by atoms with Gasteiger partial charge in [-0.15, -0.1) is 0 Å². The smallest absolute Gasteiger partial charge is 0.390 e. The van der Waals surface area contributed by atoms with Crippen LogP contribution < -0.4 is 10.9 Å². The van der Waals surface area contributed by atoms with Crippen LogP contribution in [0.4, 0.5) is 5.95 Å². The molecule has 1 saturated heterocycles. The first kappa shape index (κ1) is 29.9. The zero-order chi connectivity index (χ0) is 31.8. The van der Waals surface area contributed by atoms with Crippen molar-refractivity contribution in [3.8, 4) is 0 Å². The summed E-state index contributed by atoms with van der Waals surface area (Å²) in [6.45, 7) is 1.42. The number of phosphoric ester groups is 1. The number of nitrogens with zero attached hydrogens (tertiary/aromatic N) is 3. The summed E-state index contributed by atoms with van der Waals surface area (Å²) >= 11 is 0. The van der Waals surface area contributed by atoms with E-state index >= 15 is 0 Å². The lowest BCUT2D eigenvalue weighted by molar-refractivity contribution is -0.0767. The van der Waals surface area contributed by atoms with Gasteiger partial charge in [0.2, 0.25) is 5.95 Å². The van der Waals surface area contributed by atoms with Crippen molar-refractivity contribution >= 4 is 46.5 Å². The van der Waals surface area contributed by atoms with Gasteiger partial charge in [0.1, 0.15) is 30.6 Å². The highest BCUT2D eigenvalue weighted by molar-refractivity contribution is 7.46. The Bertz CT molecular complexity index is 2060. The van der Waals surface area contributed by atoms with Gasteiger partial charge in [0.25, 0.3) is 5.56 Å². The van der Waals surface area contributed by atoms with E-state index in [1.165, 1.54) is 10.9 Å². The van der Waals surface area contributed by atoms with E-state index in [0.29, 0.717) is 11.1 Å². The average molecular weight is 640 g/mol. The van der Waals surface area contributed by atoms with E-state index in [4.69, 9.17) is 14.5 Å². The molecule has 7 rings (SSSR count). The molecule has 1 fully saturated rings. The number of hydrogen-bond acceptors (Lipinski definition) is 11. The number of nitrogens with one attached hydrogen (secondary N) is 2. The second kappa shape index (κ2) is 10.9. The Kier molecular flexibility index (Phi) is 7.28. The molecule has 3 aromatic carbocycles. The lowest BCUT2D eigenvalue weighted by Crippen LogP contribution is -2.44. The summed E-state index contributed by atoms with van der Waals surface area (Å²) in [6, 6.07) is 12.4. The van der Waals surface area contributed by atoms with E-state index < -0.39 is 62.8 Å². The molecule has 1 aliphatic heterocycles. The van der Waals surface area contributed by atoms with Gasteiger partial charge in [-0.2, -0.15) is 4.98 Å². The number of anilines is 1. The number of aromatic amines is 1. The molecular formula is C29H30N5O10P. The second-order valence-corrected chi connectivity index (χ2v) is 12.6. The molecule has 7 atom stereocenters. The van der Waals surface area contributed by atoms with Crippen LogP contribution in [0.5, 0.6) is 0 Å². The third kappa shape index (κ3) is 5.12. The van der Waals surface area contributed by atoms with Gasteiger partial charge in [-0.1, -0.05) is 36.4 Å². The molecule has 15 nitrogen and oxygen atoms in total. The number of aliphatic hydroxyl groups is 4. The third-order valence-electron chi connectivity index (χ3n) is 8.68. The molecule has 45 heavy (non-hydrogen) atoms. The first-order valence-corrected chi connectivity index (χ1v) is 15.7. The molecule has 2 aliphatic rings. The van der Waals surface area contributed by atoms with Crippen LogP contribution in [0.15, 0.2) is 53.6 Å². The van der Waals surface area contributed by atoms with E-state index in [9.17, 15) is 29.8 Å². The molecule has 0 amide bonds. The molecule has 5 aromatic rings. The summed E-state index contributed by atoms with van der Waals surface area (Å²) in [4.78, 5) is 42.4. The third-order valence-corrected chi connectivity index (χ3v) is 9.17. The summed E-state index contributed by atoms with van der Waals surface area (Å²) in [6.07, 6.45) is -6.20. The van der Waals surface area contributed by atoms with Crippen LogP contribution in [0.2, 0.25) is 0 Å². The predicted octanol–water partition coefficient (Wildman–Crippen LogP) is 1.41. The molecule has 3 heterocycles. The Morgan fingerprint density at radius 1 is 1.09 bits per heavy atom. The second-order valence-electron chi connectivity index (χ2n) is 11.4. The number of phosphoric acid groups is 1. The number of benzene rings is 3. The molecule has 0 saturated carbocycles. The van der Waals surface area contributed by atoms with Crippen LogP contribution in [-0.4, -0.2) is 80.8 Å². The van der Waals surface area contributed by atoms with Gasteiger partial charge < -0.3 is 40.3 Å². The van der Waals surface area contributed by atoms with E-state index in [2.05, 4.69) is 24.8 Å². The SMILES string of the molecule is Cc1c2ccccc2cc2c3c(ccc12)[C@H](O)[C@@H](O)[C@@H](O)[C@H]3Nc1nc2c(ncn2C2CC(O)C(COP(=O)(O)O)O2)c(=O)[nH]1. The van der Waals surface area contributed by atoms with Crippen molar-refractivity contribution in [1.29, 1.82) is 0 Å². The zero-order valence-electron chi connectivity index (χ0n) is 23.7. The van der Waals surface area contributed by atoms with Crippen molar-refractivity contribution in [3.63, 3.8) is 0 Å². The van der Waals surface area contributed by atoms with Gasteiger partial charge in [-0.3, -0.25) is 18.9 Å². The minimum Gasteiger partial charge on any atom is -0.390 e. The van der Waals surface area contributed by atoms with Gasteiger partial charge in [0.05, 0.1) is 25.1 Å². The molecule has 0 radical (unpaired) electrons. The Hall–Kier alpha value is -3.76. The van der Waals surface area contributed by atoms with Crippen LogP contribution in [0, 0.1) is 6.92 Å². The van der Waals surface area contributed by atoms with E-state index in [0.717, 1.165) is 27.1 Å². The maximum atomic E-state index is 13.1. The van der Waals surface area contributed by atoms with Crippen LogP contribution in [0.25, 0.3) is 32.7 Å². The Balaban J connectivity index is 1.29. The summed E-state index contributed by atoms with van der Waals surface area (Å²) < 4.78 is 22.8. The standard InChI is InChI=1S/C29H30N5O10P/c1-12-14-5-3-2-4-13(14)8-17-15(12)6-7-16-21(17)22(25(37)26(38)24(16)36)31-29-32-27-23(28(39)33-29)30-11-34(27)20-9-18(35)19(44-20)10-43-45(40,41)42/h2-8,11,18-20,22,24-26,35-38H,9-10H2,1H3,(H2,40,41,42)(H2,31,32,33,39)/t18?,19?,20?,22-,24-,25-,26+/m0/s1. The summed E-state index contributed by atoms with van der Waals surface area (Å²) in [7, 11) is -4.79. The summed E-state index contributed by atoms with van der Waals surface area (Å²) in [5, 5.41) is 50.2. The Morgan fingerprint density at radius 2 is 1.87 bits per heavy atom. The van der Waals surface area contributed by atoms with E-state index in [-0.39, 0.29) is 23.5 Å². The quantitative estimate of drug-likeness (QED) is 0.0971. The van der Waals surface area contributed by atoms with Crippen molar-refractivity contribution in [2.75, 3.05) is 11.9 Å². The van der Waals surface area contributed by atoms with Crippen LogP contribution in [0.3, 0.4) is 0 Å². The van der Waals surface area contributed by atoms with Gasteiger partial charge in [-0.25, -0.2) is 9.55 Å². The number of fused-ring (bicyclic) bond motifs is 5. The minimum absolute atomic E-state index is 0.00399. The van der Waals surface area contributed by atoms with Gasteiger partial charge in [-0.05, 0) is 51.2 Å². The number of aromatic nitrogens is 4. The predicted molar refractivity (Wildman–Crippen MR) is 160 cm³/mol. The lowest BCUT2D eigenvalue weighted by atomic mass is 9.78. The fourth-order valence-corrected chi connectivity index (χ4v) is 6.80. The largest absolute Gasteiger partial charge is 0.469 e. The molecule has 16 heteroatoms. The highest BCUT2D eigenvalue weighted by Gasteiger charge is 2.42.